The minimum atomic E-state index is -0.464. The van der Waals surface area contributed by atoms with E-state index in [2.05, 4.69) is 10.3 Å². The average molecular weight is 414 g/mol. The predicted molar refractivity (Wildman–Crippen MR) is 113 cm³/mol. The summed E-state index contributed by atoms with van der Waals surface area (Å²) in [4.78, 5) is 28.0. The Bertz CT molecular complexity index is 1000. The molecule has 8 heteroatoms. The summed E-state index contributed by atoms with van der Waals surface area (Å²) in [7, 11) is 0. The highest BCUT2D eigenvalue weighted by molar-refractivity contribution is 7.98. The van der Waals surface area contributed by atoms with Crippen LogP contribution in [0.1, 0.15) is 20.9 Å². The Morgan fingerprint density at radius 2 is 2.00 bits per heavy atom. The molecule has 1 amide bonds. The summed E-state index contributed by atoms with van der Waals surface area (Å²) in [5.74, 6) is -0.315. The molecule has 0 spiro atoms. The van der Waals surface area contributed by atoms with Crippen LogP contribution in [0, 0.1) is 17.0 Å². The number of nitrogens with zero attached hydrogens (tertiary/aromatic N) is 2. The molecule has 2 aromatic carbocycles. The fraction of sp³-hybridized carbons (Fsp3) is 0.200. The predicted octanol–water partition coefficient (Wildman–Crippen LogP) is 4.72. The normalized spacial score (nSPS) is 10.6. The van der Waals surface area contributed by atoms with E-state index in [4.69, 9.17) is 0 Å². The van der Waals surface area contributed by atoms with Crippen LogP contribution in [0.3, 0.4) is 0 Å². The van der Waals surface area contributed by atoms with Crippen molar-refractivity contribution in [2.75, 3.05) is 12.8 Å². The van der Waals surface area contributed by atoms with E-state index in [9.17, 15) is 14.9 Å². The van der Waals surface area contributed by atoms with Crippen LogP contribution in [0.15, 0.2) is 52.7 Å². The van der Waals surface area contributed by atoms with Crippen molar-refractivity contribution in [1.82, 2.24) is 10.3 Å². The number of nitro groups is 1. The van der Waals surface area contributed by atoms with Crippen LogP contribution in [0.5, 0.6) is 0 Å². The molecule has 1 heterocycles. The van der Waals surface area contributed by atoms with E-state index in [1.165, 1.54) is 17.8 Å². The molecule has 28 heavy (non-hydrogen) atoms. The highest BCUT2D eigenvalue weighted by atomic mass is 32.2. The van der Waals surface area contributed by atoms with Gasteiger partial charge in [0.1, 0.15) is 0 Å². The average Bonchev–Trinajstić information content (AvgIpc) is 3.14. The van der Waals surface area contributed by atoms with Crippen molar-refractivity contribution in [1.29, 1.82) is 0 Å². The second kappa shape index (κ2) is 8.99. The van der Waals surface area contributed by atoms with Gasteiger partial charge in [0, 0.05) is 29.1 Å². The second-order valence-electron chi connectivity index (χ2n) is 6.10. The zero-order valence-corrected chi connectivity index (χ0v) is 17.1. The molecule has 0 radical (unpaired) electrons. The molecule has 6 nitrogen and oxygen atoms in total. The first-order valence-corrected chi connectivity index (χ1v) is 10.7. The molecule has 3 rings (SSSR count). The standard InChI is InChI=1S/C20H19N3O3S2/c1-13-22-17(12-28-13)15-5-3-14(4-6-15)9-10-21-20(24)16-7-8-19(27-2)18(11-16)23(25)26/h3-8,11-12H,9-10H2,1-2H3,(H,21,24). The van der Waals surface area contributed by atoms with Crippen LogP contribution in [0.25, 0.3) is 11.3 Å². The van der Waals surface area contributed by atoms with Crippen LogP contribution in [-0.4, -0.2) is 28.6 Å². The SMILES string of the molecule is CSc1ccc(C(=O)NCCc2ccc(-c3csc(C)n3)cc2)cc1[N+](=O)[O-]. The van der Waals surface area contributed by atoms with Crippen molar-refractivity contribution in [3.05, 3.63) is 74.1 Å². The van der Waals surface area contributed by atoms with Crippen molar-refractivity contribution >= 4 is 34.7 Å². The van der Waals surface area contributed by atoms with Gasteiger partial charge < -0.3 is 5.32 Å². The number of amides is 1. The van der Waals surface area contributed by atoms with E-state index in [0.29, 0.717) is 23.4 Å². The monoisotopic (exact) mass is 413 g/mol. The Hall–Kier alpha value is -2.71. The fourth-order valence-corrected chi connectivity index (χ4v) is 3.90. The van der Waals surface area contributed by atoms with Crippen LogP contribution in [0.4, 0.5) is 5.69 Å². The van der Waals surface area contributed by atoms with Crippen molar-refractivity contribution in [2.24, 2.45) is 0 Å². The third kappa shape index (κ3) is 4.76. The van der Waals surface area contributed by atoms with Gasteiger partial charge in [-0.25, -0.2) is 4.98 Å². The summed E-state index contributed by atoms with van der Waals surface area (Å²) in [5, 5.41) is 17.0. The molecule has 0 unspecified atom stereocenters. The van der Waals surface area contributed by atoms with Gasteiger partial charge in [-0.3, -0.25) is 14.9 Å². The lowest BCUT2D eigenvalue weighted by atomic mass is 10.1. The summed E-state index contributed by atoms with van der Waals surface area (Å²) in [5.41, 5.74) is 3.38. The number of benzene rings is 2. The zero-order chi connectivity index (χ0) is 20.1. The molecule has 0 atom stereocenters. The van der Waals surface area contributed by atoms with E-state index in [0.717, 1.165) is 21.8 Å². The molecule has 0 aliphatic rings. The zero-order valence-electron chi connectivity index (χ0n) is 15.5. The molecule has 0 aliphatic heterocycles. The Morgan fingerprint density at radius 1 is 1.25 bits per heavy atom. The number of nitrogens with one attached hydrogen (secondary N) is 1. The maximum absolute atomic E-state index is 12.3. The maximum atomic E-state index is 12.3. The topological polar surface area (TPSA) is 85.1 Å². The third-order valence-electron chi connectivity index (χ3n) is 4.21. The number of thiazole rings is 1. The van der Waals surface area contributed by atoms with Crippen molar-refractivity contribution < 1.29 is 9.72 Å². The number of rotatable bonds is 7. The first-order chi connectivity index (χ1) is 13.5. The molecule has 3 aromatic rings. The smallest absolute Gasteiger partial charge is 0.283 e. The van der Waals surface area contributed by atoms with Gasteiger partial charge in [0.25, 0.3) is 11.6 Å². The maximum Gasteiger partial charge on any atom is 0.283 e. The number of carbonyl (C=O) groups is 1. The van der Waals surface area contributed by atoms with Crippen LogP contribution >= 0.6 is 23.1 Å². The Kier molecular flexibility index (Phi) is 6.43. The van der Waals surface area contributed by atoms with Crippen molar-refractivity contribution in [3.63, 3.8) is 0 Å². The quantitative estimate of drug-likeness (QED) is 0.344. The molecule has 0 aliphatic carbocycles. The highest BCUT2D eigenvalue weighted by Crippen LogP contribution is 2.28. The van der Waals surface area contributed by atoms with Gasteiger partial charge in [-0.2, -0.15) is 0 Å². The molecule has 1 aromatic heterocycles. The molecule has 144 valence electrons. The van der Waals surface area contributed by atoms with Crippen LogP contribution < -0.4 is 5.32 Å². The summed E-state index contributed by atoms with van der Waals surface area (Å²) in [6, 6.07) is 12.6. The second-order valence-corrected chi connectivity index (χ2v) is 8.01. The van der Waals surface area contributed by atoms with E-state index in [-0.39, 0.29) is 11.6 Å². The molecule has 0 saturated carbocycles. The lowest BCUT2D eigenvalue weighted by molar-refractivity contribution is -0.387. The molecule has 0 fully saturated rings. The number of hydrogen-bond donors (Lipinski definition) is 1. The number of aryl methyl sites for hydroxylation is 1. The summed E-state index contributed by atoms with van der Waals surface area (Å²) < 4.78 is 0. The molecular weight excluding hydrogens is 394 g/mol. The van der Waals surface area contributed by atoms with Gasteiger partial charge in [0.2, 0.25) is 0 Å². The molecule has 1 N–H and O–H groups in total. The van der Waals surface area contributed by atoms with E-state index in [1.807, 2.05) is 36.6 Å². The Labute approximate surface area is 171 Å². The van der Waals surface area contributed by atoms with Gasteiger partial charge in [0.05, 0.1) is 20.5 Å². The van der Waals surface area contributed by atoms with E-state index in [1.54, 1.807) is 29.7 Å². The summed E-state index contributed by atoms with van der Waals surface area (Å²) in [6.07, 6.45) is 2.44. The number of hydrogen-bond acceptors (Lipinski definition) is 6. The third-order valence-corrected chi connectivity index (χ3v) is 5.76. The summed E-state index contributed by atoms with van der Waals surface area (Å²) in [6.45, 7) is 2.43. The summed E-state index contributed by atoms with van der Waals surface area (Å²) >= 11 is 2.90. The van der Waals surface area contributed by atoms with Gasteiger partial charge in [-0.05, 0) is 37.3 Å². The number of aromatic nitrogens is 1. The lowest BCUT2D eigenvalue weighted by Gasteiger charge is -2.07. The van der Waals surface area contributed by atoms with Gasteiger partial charge >= 0.3 is 0 Å². The van der Waals surface area contributed by atoms with Gasteiger partial charge in [0.15, 0.2) is 0 Å². The van der Waals surface area contributed by atoms with Crippen molar-refractivity contribution in [3.8, 4) is 11.3 Å². The number of nitro benzene ring substituents is 1. The minimum absolute atomic E-state index is 0.0481. The van der Waals surface area contributed by atoms with Gasteiger partial charge in [-0.15, -0.1) is 23.1 Å². The Morgan fingerprint density at radius 3 is 2.61 bits per heavy atom. The number of thioether (sulfide) groups is 1. The molecule has 0 saturated heterocycles. The number of carbonyl (C=O) groups excluding carboxylic acids is 1. The minimum Gasteiger partial charge on any atom is -0.352 e. The van der Waals surface area contributed by atoms with Crippen LogP contribution in [0.2, 0.25) is 0 Å². The first-order valence-electron chi connectivity index (χ1n) is 8.60. The Balaban J connectivity index is 1.58. The largest absolute Gasteiger partial charge is 0.352 e. The van der Waals surface area contributed by atoms with E-state index >= 15 is 0 Å². The first kappa shape index (κ1) is 20.0. The van der Waals surface area contributed by atoms with Crippen LogP contribution in [-0.2, 0) is 6.42 Å². The van der Waals surface area contributed by atoms with E-state index < -0.39 is 4.92 Å². The fourth-order valence-electron chi connectivity index (χ4n) is 2.73. The highest BCUT2D eigenvalue weighted by Gasteiger charge is 2.16. The molecule has 0 bridgehead atoms. The van der Waals surface area contributed by atoms with Gasteiger partial charge in [-0.1, -0.05) is 24.3 Å². The molecular formula is C20H19N3O3S2. The van der Waals surface area contributed by atoms with Crippen molar-refractivity contribution in [2.45, 2.75) is 18.2 Å². The lowest BCUT2D eigenvalue weighted by Crippen LogP contribution is -2.25.